The lowest BCUT2D eigenvalue weighted by Gasteiger charge is -2.41. The summed E-state index contributed by atoms with van der Waals surface area (Å²) in [5, 5.41) is 16.7. The van der Waals surface area contributed by atoms with Gasteiger partial charge in [0, 0.05) is 27.8 Å². The second-order valence-electron chi connectivity index (χ2n) is 16.2. The molecular formula is C59H36N4O. The summed E-state index contributed by atoms with van der Waals surface area (Å²) in [6, 6.07) is 78.1. The van der Waals surface area contributed by atoms with Gasteiger partial charge in [0.15, 0.2) is 17.5 Å². The largest absolute Gasteiger partial charge is 0.457 e. The number of hydrogen-bond acceptors (Lipinski definition) is 5. The van der Waals surface area contributed by atoms with Crippen molar-refractivity contribution in [3.63, 3.8) is 0 Å². The van der Waals surface area contributed by atoms with Crippen LogP contribution >= 0.6 is 0 Å². The van der Waals surface area contributed by atoms with E-state index in [1.807, 2.05) is 18.2 Å². The molecule has 12 rings (SSSR count). The summed E-state index contributed by atoms with van der Waals surface area (Å²) in [5.74, 6) is 3.34. The van der Waals surface area contributed by atoms with E-state index in [9.17, 15) is 5.26 Å². The van der Waals surface area contributed by atoms with Gasteiger partial charge in [0.2, 0.25) is 0 Å². The lowest BCUT2D eigenvalue weighted by atomic mass is 9.63. The molecule has 1 aliphatic rings. The molecule has 298 valence electrons. The van der Waals surface area contributed by atoms with Crippen LogP contribution in [0.15, 0.2) is 218 Å². The predicted molar refractivity (Wildman–Crippen MR) is 257 cm³/mol. The maximum Gasteiger partial charge on any atom is 0.164 e. The molecule has 5 heteroatoms. The third-order valence-corrected chi connectivity index (χ3v) is 12.7. The highest BCUT2D eigenvalue weighted by molar-refractivity contribution is 6.25. The first-order chi connectivity index (χ1) is 31.7. The molecule has 0 saturated heterocycles. The van der Waals surface area contributed by atoms with Crippen molar-refractivity contribution < 1.29 is 4.74 Å². The molecule has 0 atom stereocenters. The molecule has 0 N–H and O–H groups in total. The number of ether oxygens (including phenoxy) is 1. The molecule has 0 saturated carbocycles. The minimum Gasteiger partial charge on any atom is -0.457 e. The Hall–Kier alpha value is -8.72. The number of nitrogens with zero attached hydrogens (tertiary/aromatic N) is 4. The molecule has 0 fully saturated rings. The fourth-order valence-electron chi connectivity index (χ4n) is 9.70. The Morgan fingerprint density at radius 2 is 0.781 bits per heavy atom. The van der Waals surface area contributed by atoms with E-state index >= 15 is 0 Å². The molecule has 64 heavy (non-hydrogen) atoms. The Balaban J connectivity index is 0.989. The van der Waals surface area contributed by atoms with Crippen LogP contribution in [0.4, 0.5) is 0 Å². The van der Waals surface area contributed by atoms with Crippen LogP contribution in [0.3, 0.4) is 0 Å². The van der Waals surface area contributed by atoms with E-state index in [2.05, 4.69) is 194 Å². The Kier molecular flexibility index (Phi) is 8.70. The molecule has 0 spiro atoms. The van der Waals surface area contributed by atoms with Gasteiger partial charge >= 0.3 is 0 Å². The minimum absolute atomic E-state index is 0.533. The summed E-state index contributed by atoms with van der Waals surface area (Å²) in [6.45, 7) is 0. The fraction of sp³-hybridized carbons (Fsp3) is 0.0169. The van der Waals surface area contributed by atoms with Crippen molar-refractivity contribution >= 4 is 32.3 Å². The Bertz CT molecular complexity index is 3560. The van der Waals surface area contributed by atoms with Gasteiger partial charge in [-0.1, -0.05) is 170 Å². The predicted octanol–water partition coefficient (Wildman–Crippen LogP) is 14.4. The zero-order valence-corrected chi connectivity index (χ0v) is 34.5. The minimum atomic E-state index is -0.617. The number of aromatic nitrogens is 3. The van der Waals surface area contributed by atoms with Crippen LogP contribution in [0.2, 0.25) is 0 Å². The van der Waals surface area contributed by atoms with Gasteiger partial charge in [-0.05, 0) is 103 Å². The van der Waals surface area contributed by atoms with E-state index in [0.717, 1.165) is 55.8 Å². The number of benzene rings is 10. The van der Waals surface area contributed by atoms with Crippen LogP contribution in [0.1, 0.15) is 27.8 Å². The molecule has 10 aromatic carbocycles. The second kappa shape index (κ2) is 15.0. The van der Waals surface area contributed by atoms with Crippen LogP contribution in [0, 0.1) is 11.3 Å². The van der Waals surface area contributed by atoms with Crippen molar-refractivity contribution in [2.45, 2.75) is 5.41 Å². The molecule has 0 bridgehead atoms. The first-order valence-corrected chi connectivity index (χ1v) is 21.4. The summed E-state index contributed by atoms with van der Waals surface area (Å²) >= 11 is 0. The molecule has 2 heterocycles. The normalized spacial score (nSPS) is 12.6. The van der Waals surface area contributed by atoms with Gasteiger partial charge in [-0.2, -0.15) is 5.26 Å². The number of rotatable bonds is 6. The maximum absolute atomic E-state index is 9.55. The second-order valence-corrected chi connectivity index (χ2v) is 16.2. The lowest BCUT2D eigenvalue weighted by Crippen LogP contribution is -2.34. The van der Waals surface area contributed by atoms with Gasteiger partial charge in [-0.15, -0.1) is 0 Å². The number of nitriles is 1. The first kappa shape index (κ1) is 37.1. The summed E-state index contributed by atoms with van der Waals surface area (Å²) < 4.78 is 6.68. The summed E-state index contributed by atoms with van der Waals surface area (Å²) in [7, 11) is 0. The van der Waals surface area contributed by atoms with E-state index in [1.54, 1.807) is 12.1 Å². The summed E-state index contributed by atoms with van der Waals surface area (Å²) in [5.41, 5.74) is 9.14. The average Bonchev–Trinajstić information content (AvgIpc) is 3.38. The highest BCUT2D eigenvalue weighted by Crippen LogP contribution is 2.56. The van der Waals surface area contributed by atoms with E-state index in [1.165, 1.54) is 38.1 Å². The molecule has 0 unspecified atom stereocenters. The monoisotopic (exact) mass is 816 g/mol. The number of hydrogen-bond donors (Lipinski definition) is 0. The SMILES string of the molecule is N#Cc1ccc(-c2nc(-c3ccc(-c4ccc5c(c4)C(c4ccccc4)(c4ccccc4)c4ccccc4O5)cc3)nc(-c3ccc4c5ccccc5c5ccccc5c4c3)n2)cc1. The zero-order valence-electron chi connectivity index (χ0n) is 34.5. The van der Waals surface area contributed by atoms with Crippen molar-refractivity contribution in [3.05, 3.63) is 246 Å². The van der Waals surface area contributed by atoms with Crippen molar-refractivity contribution in [2.75, 3.05) is 0 Å². The van der Waals surface area contributed by atoms with E-state index in [0.29, 0.717) is 23.0 Å². The Labute approximate surface area is 370 Å². The van der Waals surface area contributed by atoms with Crippen LogP contribution in [-0.4, -0.2) is 15.0 Å². The van der Waals surface area contributed by atoms with Crippen molar-refractivity contribution in [1.82, 2.24) is 15.0 Å². The van der Waals surface area contributed by atoms with Crippen molar-refractivity contribution in [2.24, 2.45) is 0 Å². The number of fused-ring (bicyclic) bond motifs is 8. The topological polar surface area (TPSA) is 71.7 Å². The van der Waals surface area contributed by atoms with E-state index < -0.39 is 5.41 Å². The summed E-state index contributed by atoms with van der Waals surface area (Å²) in [6.07, 6.45) is 0. The molecular weight excluding hydrogens is 781 g/mol. The first-order valence-electron chi connectivity index (χ1n) is 21.4. The van der Waals surface area contributed by atoms with Crippen molar-refractivity contribution in [1.29, 1.82) is 5.26 Å². The molecule has 1 aliphatic heterocycles. The van der Waals surface area contributed by atoms with E-state index in [4.69, 9.17) is 19.7 Å². The highest BCUT2D eigenvalue weighted by Gasteiger charge is 2.45. The summed E-state index contributed by atoms with van der Waals surface area (Å²) in [4.78, 5) is 15.3. The smallest absolute Gasteiger partial charge is 0.164 e. The van der Waals surface area contributed by atoms with E-state index in [-0.39, 0.29) is 0 Å². The van der Waals surface area contributed by atoms with Crippen LogP contribution < -0.4 is 4.74 Å². The van der Waals surface area contributed by atoms with Gasteiger partial charge in [0.25, 0.3) is 0 Å². The molecule has 5 nitrogen and oxygen atoms in total. The molecule has 1 aromatic heterocycles. The average molecular weight is 817 g/mol. The third kappa shape index (κ3) is 5.96. The van der Waals surface area contributed by atoms with Gasteiger partial charge in [-0.3, -0.25) is 0 Å². The lowest BCUT2D eigenvalue weighted by molar-refractivity contribution is 0.434. The van der Waals surface area contributed by atoms with Gasteiger partial charge in [-0.25, -0.2) is 15.0 Å². The third-order valence-electron chi connectivity index (χ3n) is 12.7. The zero-order chi connectivity index (χ0) is 42.6. The van der Waals surface area contributed by atoms with Gasteiger partial charge in [0.05, 0.1) is 17.0 Å². The molecule has 0 radical (unpaired) electrons. The van der Waals surface area contributed by atoms with Crippen LogP contribution in [-0.2, 0) is 5.41 Å². The van der Waals surface area contributed by atoms with Crippen LogP contribution in [0.25, 0.3) is 77.6 Å². The standard InChI is InChI=1S/C59H36N4O/c60-37-38-23-25-40(26-24-38)56-61-57(63-58(62-56)43-31-33-50-48-19-8-7-17-46(48)47-18-9-10-20-49(47)51(50)35-43)41-29-27-39(28-30-41)42-32-34-55-53(36-42)59(44-13-3-1-4-14-44,45-15-5-2-6-16-45)52-21-11-12-22-54(52)64-55/h1-36H. The van der Waals surface area contributed by atoms with Gasteiger partial charge < -0.3 is 4.74 Å². The molecule has 0 amide bonds. The Morgan fingerprint density at radius 1 is 0.344 bits per heavy atom. The quantitative estimate of drug-likeness (QED) is 0.156. The van der Waals surface area contributed by atoms with Crippen LogP contribution in [0.5, 0.6) is 11.5 Å². The van der Waals surface area contributed by atoms with Crippen molar-refractivity contribution in [3.8, 4) is 62.9 Å². The highest BCUT2D eigenvalue weighted by atomic mass is 16.5. The Morgan fingerprint density at radius 3 is 1.38 bits per heavy atom. The fourth-order valence-corrected chi connectivity index (χ4v) is 9.70. The maximum atomic E-state index is 9.55. The molecule has 11 aromatic rings. The van der Waals surface area contributed by atoms with Gasteiger partial charge in [0.1, 0.15) is 11.5 Å². The molecule has 0 aliphatic carbocycles. The number of para-hydroxylation sites is 1.